The summed E-state index contributed by atoms with van der Waals surface area (Å²) in [5, 5.41) is 10.0. The predicted molar refractivity (Wildman–Crippen MR) is 122 cm³/mol. The Morgan fingerprint density at radius 3 is 2.39 bits per heavy atom. The first-order valence-electron chi connectivity index (χ1n) is 9.78. The lowest BCUT2D eigenvalue weighted by atomic mass is 10.1. The van der Waals surface area contributed by atoms with Crippen molar-refractivity contribution in [1.29, 1.82) is 0 Å². The minimum absolute atomic E-state index is 0.0913. The number of carboxylic acid groups (broad SMARTS) is 1. The van der Waals surface area contributed by atoms with Gasteiger partial charge in [0.05, 0.1) is 0 Å². The molecule has 0 aliphatic carbocycles. The summed E-state index contributed by atoms with van der Waals surface area (Å²) in [7, 11) is 0. The fourth-order valence-corrected chi connectivity index (χ4v) is 3.20. The summed E-state index contributed by atoms with van der Waals surface area (Å²) >= 11 is 12.2. The number of hydrogen-bond acceptors (Lipinski definition) is 4. The summed E-state index contributed by atoms with van der Waals surface area (Å²) in [5.41, 5.74) is 2.12. The van der Waals surface area contributed by atoms with Gasteiger partial charge in [-0.15, -0.1) is 0 Å². The van der Waals surface area contributed by atoms with Crippen LogP contribution in [0.3, 0.4) is 0 Å². The van der Waals surface area contributed by atoms with Gasteiger partial charge in [-0.25, -0.2) is 4.79 Å². The maximum atomic E-state index is 12.4. The molecule has 0 aliphatic heterocycles. The number of nitrogens with zero attached hydrogens (tertiary/aromatic N) is 1. The number of carbonyl (C=O) groups excluding carboxylic acids is 1. The first-order valence-corrected chi connectivity index (χ1v) is 10.5. The highest BCUT2D eigenvalue weighted by Gasteiger charge is 2.13. The van der Waals surface area contributed by atoms with Crippen LogP contribution >= 0.6 is 23.2 Å². The van der Waals surface area contributed by atoms with Crippen LogP contribution in [0.25, 0.3) is 5.57 Å². The number of halogens is 2. The third kappa shape index (κ3) is 7.19. The largest absolute Gasteiger partial charge is 0.485 e. The average Bonchev–Trinajstić information content (AvgIpc) is 2.73. The van der Waals surface area contributed by atoms with E-state index in [1.54, 1.807) is 47.4 Å². The number of carboxylic acids is 1. The van der Waals surface area contributed by atoms with E-state index < -0.39 is 12.6 Å². The monoisotopic (exact) mass is 465 g/mol. The van der Waals surface area contributed by atoms with E-state index in [4.69, 9.17) is 37.8 Å². The van der Waals surface area contributed by atoms with Crippen LogP contribution in [-0.4, -0.2) is 41.6 Å². The van der Waals surface area contributed by atoms with Gasteiger partial charge in [-0.3, -0.25) is 4.79 Å². The van der Waals surface area contributed by atoms with Crippen LogP contribution in [-0.2, 0) is 16.2 Å². The average molecular weight is 466 g/mol. The zero-order valence-corrected chi connectivity index (χ0v) is 19.2. The molecule has 2 rings (SSSR count). The standard InChI is InChI=1S/C23H25Cl2NO5/c1-4-26(5-2)22(27)10-15(3)16-6-9-20(21(12-16)31-14-23(28)29)30-13-17-11-18(24)7-8-19(17)25/h6-12H,4-5,13-14H2,1-3H3,(H,28,29)/b15-10+. The second-order valence-electron chi connectivity index (χ2n) is 6.71. The third-order valence-corrected chi connectivity index (χ3v) is 5.16. The van der Waals surface area contributed by atoms with E-state index >= 15 is 0 Å². The molecule has 1 amide bonds. The lowest BCUT2D eigenvalue weighted by molar-refractivity contribution is -0.139. The normalized spacial score (nSPS) is 11.2. The Balaban J connectivity index is 2.29. The lowest BCUT2D eigenvalue weighted by Gasteiger charge is -2.17. The van der Waals surface area contributed by atoms with Crippen molar-refractivity contribution < 1.29 is 24.2 Å². The second kappa shape index (κ2) is 11.6. The van der Waals surface area contributed by atoms with Crippen LogP contribution in [0.15, 0.2) is 42.5 Å². The third-order valence-electron chi connectivity index (χ3n) is 4.56. The number of amides is 1. The number of allylic oxidation sites excluding steroid dienone is 1. The highest BCUT2D eigenvalue weighted by Crippen LogP contribution is 2.32. The van der Waals surface area contributed by atoms with Gasteiger partial charge in [0, 0.05) is 34.8 Å². The molecule has 0 aliphatic rings. The molecule has 31 heavy (non-hydrogen) atoms. The van der Waals surface area contributed by atoms with Crippen LogP contribution in [0, 0.1) is 0 Å². The molecule has 8 heteroatoms. The van der Waals surface area contributed by atoms with Gasteiger partial charge in [-0.2, -0.15) is 0 Å². The number of aliphatic carboxylic acids is 1. The van der Waals surface area contributed by atoms with Crippen molar-refractivity contribution in [1.82, 2.24) is 4.90 Å². The summed E-state index contributed by atoms with van der Waals surface area (Å²) in [5.74, 6) is -0.602. The molecule has 6 nitrogen and oxygen atoms in total. The van der Waals surface area contributed by atoms with Crippen molar-refractivity contribution in [2.24, 2.45) is 0 Å². The smallest absolute Gasteiger partial charge is 0.341 e. The van der Waals surface area contributed by atoms with Crippen molar-refractivity contribution in [2.75, 3.05) is 19.7 Å². The molecule has 0 fully saturated rings. The van der Waals surface area contributed by atoms with Gasteiger partial charge in [-0.1, -0.05) is 29.3 Å². The molecule has 2 aromatic rings. The van der Waals surface area contributed by atoms with Gasteiger partial charge in [0.25, 0.3) is 0 Å². The quantitative estimate of drug-likeness (QED) is 0.481. The molecule has 0 atom stereocenters. The lowest BCUT2D eigenvalue weighted by Crippen LogP contribution is -2.28. The highest BCUT2D eigenvalue weighted by atomic mass is 35.5. The molecule has 2 aromatic carbocycles. The van der Waals surface area contributed by atoms with Crippen molar-refractivity contribution >= 4 is 40.7 Å². The summed E-state index contributed by atoms with van der Waals surface area (Å²) in [6.07, 6.45) is 1.55. The molecule has 0 saturated heterocycles. The number of benzene rings is 2. The first-order chi connectivity index (χ1) is 14.7. The number of likely N-dealkylation sites (N-methyl/N-ethyl adjacent to an activating group) is 1. The molecule has 166 valence electrons. The van der Waals surface area contributed by atoms with Crippen LogP contribution in [0.5, 0.6) is 11.5 Å². The summed E-state index contributed by atoms with van der Waals surface area (Å²) in [6, 6.07) is 10.2. The van der Waals surface area contributed by atoms with E-state index in [0.29, 0.717) is 40.0 Å². The topological polar surface area (TPSA) is 76.1 Å². The Morgan fingerprint density at radius 1 is 1.03 bits per heavy atom. The van der Waals surface area contributed by atoms with Gasteiger partial charge in [0.1, 0.15) is 6.61 Å². The fourth-order valence-electron chi connectivity index (χ4n) is 2.83. The fraction of sp³-hybridized carbons (Fsp3) is 0.304. The molecule has 0 heterocycles. The van der Waals surface area contributed by atoms with Gasteiger partial charge in [-0.05, 0) is 62.2 Å². The van der Waals surface area contributed by atoms with Gasteiger partial charge < -0.3 is 19.5 Å². The zero-order valence-electron chi connectivity index (χ0n) is 17.7. The van der Waals surface area contributed by atoms with E-state index in [1.165, 1.54) is 0 Å². The van der Waals surface area contributed by atoms with Crippen molar-refractivity contribution in [3.63, 3.8) is 0 Å². The first kappa shape index (κ1) is 24.6. The molecule has 0 saturated carbocycles. The van der Waals surface area contributed by atoms with Gasteiger partial charge in [0.2, 0.25) is 5.91 Å². The Kier molecular flexibility index (Phi) is 9.21. The van der Waals surface area contributed by atoms with Crippen molar-refractivity contribution in [3.8, 4) is 11.5 Å². The van der Waals surface area contributed by atoms with Crippen molar-refractivity contribution in [2.45, 2.75) is 27.4 Å². The summed E-state index contributed by atoms with van der Waals surface area (Å²) in [4.78, 5) is 25.1. The van der Waals surface area contributed by atoms with Gasteiger partial charge in [0.15, 0.2) is 18.1 Å². The molecular weight excluding hydrogens is 441 g/mol. The van der Waals surface area contributed by atoms with E-state index in [9.17, 15) is 9.59 Å². The Labute approximate surface area is 192 Å². The van der Waals surface area contributed by atoms with Crippen LogP contribution in [0.2, 0.25) is 10.0 Å². The second-order valence-corrected chi connectivity index (χ2v) is 7.55. The summed E-state index contributed by atoms with van der Waals surface area (Å²) < 4.78 is 11.2. The SMILES string of the molecule is CCN(CC)C(=O)/C=C(\C)c1ccc(OCc2cc(Cl)ccc2Cl)c(OCC(=O)O)c1. The van der Waals surface area contributed by atoms with E-state index in [0.717, 1.165) is 5.57 Å². The molecule has 0 unspecified atom stereocenters. The van der Waals surface area contributed by atoms with E-state index in [2.05, 4.69) is 0 Å². The van der Waals surface area contributed by atoms with Crippen LogP contribution in [0.4, 0.5) is 0 Å². The molecule has 0 spiro atoms. The minimum atomic E-state index is -1.11. The summed E-state index contributed by atoms with van der Waals surface area (Å²) in [6.45, 7) is 6.47. The van der Waals surface area contributed by atoms with Crippen LogP contribution < -0.4 is 9.47 Å². The van der Waals surface area contributed by atoms with Crippen molar-refractivity contribution in [3.05, 3.63) is 63.6 Å². The zero-order chi connectivity index (χ0) is 23.0. The number of rotatable bonds is 10. The maximum Gasteiger partial charge on any atom is 0.341 e. The number of ether oxygens (including phenoxy) is 2. The van der Waals surface area contributed by atoms with Crippen LogP contribution in [0.1, 0.15) is 31.9 Å². The molecule has 0 aromatic heterocycles. The highest BCUT2D eigenvalue weighted by molar-refractivity contribution is 6.33. The molecular formula is C23H25Cl2NO5. The van der Waals surface area contributed by atoms with Gasteiger partial charge >= 0.3 is 5.97 Å². The van der Waals surface area contributed by atoms with E-state index in [-0.39, 0.29) is 18.3 Å². The Hall–Kier alpha value is -2.70. The maximum absolute atomic E-state index is 12.4. The Morgan fingerprint density at radius 2 is 1.74 bits per heavy atom. The minimum Gasteiger partial charge on any atom is -0.485 e. The van der Waals surface area contributed by atoms with E-state index in [1.807, 2.05) is 20.8 Å². The molecule has 1 N–H and O–H groups in total. The molecule has 0 bridgehead atoms. The predicted octanol–water partition coefficient (Wildman–Crippen LogP) is 5.31. The number of carbonyl (C=O) groups is 2. The number of hydrogen-bond donors (Lipinski definition) is 1. The molecule has 0 radical (unpaired) electrons. The Bertz CT molecular complexity index is 970.